The van der Waals surface area contributed by atoms with Gasteiger partial charge < -0.3 is 9.64 Å². The highest BCUT2D eigenvalue weighted by Crippen LogP contribution is 2.33. The lowest BCUT2D eigenvalue weighted by atomic mass is 10.0. The molecule has 2 fully saturated rings. The molecule has 2 saturated heterocycles. The third-order valence-electron chi connectivity index (χ3n) is 6.21. The highest BCUT2D eigenvalue weighted by Gasteiger charge is 2.32. The maximum Gasteiger partial charge on any atom is 0.173 e. The predicted molar refractivity (Wildman–Crippen MR) is 120 cm³/mol. The molecule has 0 amide bonds. The van der Waals surface area contributed by atoms with Gasteiger partial charge in [-0.25, -0.2) is 4.68 Å². The van der Waals surface area contributed by atoms with Gasteiger partial charge in [0.15, 0.2) is 5.82 Å². The molecule has 3 aromatic rings. The summed E-state index contributed by atoms with van der Waals surface area (Å²) in [4.78, 5) is 4.87. The van der Waals surface area contributed by atoms with E-state index in [4.69, 9.17) is 16.3 Å². The Morgan fingerprint density at radius 3 is 2.52 bits per heavy atom. The number of hydrogen-bond donors (Lipinski definition) is 0. The fourth-order valence-electron chi connectivity index (χ4n) is 4.59. The summed E-state index contributed by atoms with van der Waals surface area (Å²) >= 11 is 6.66. The van der Waals surface area contributed by atoms with Crippen LogP contribution < -0.4 is 4.90 Å². The molecule has 8 heteroatoms. The van der Waals surface area contributed by atoms with Gasteiger partial charge in [0.2, 0.25) is 0 Å². The van der Waals surface area contributed by atoms with Gasteiger partial charge in [-0.15, -0.1) is 5.10 Å². The van der Waals surface area contributed by atoms with Crippen molar-refractivity contribution >= 4 is 17.3 Å². The van der Waals surface area contributed by atoms with E-state index in [1.54, 1.807) is 0 Å². The van der Waals surface area contributed by atoms with Crippen molar-refractivity contribution in [2.75, 3.05) is 37.7 Å². The molecule has 0 aliphatic carbocycles. The van der Waals surface area contributed by atoms with E-state index in [9.17, 15) is 0 Å². The zero-order chi connectivity index (χ0) is 21.0. The van der Waals surface area contributed by atoms with E-state index in [2.05, 4.69) is 61.7 Å². The third-order valence-corrected chi connectivity index (χ3v) is 6.55. The number of para-hydroxylation sites is 1. The van der Waals surface area contributed by atoms with Gasteiger partial charge in [0.25, 0.3) is 0 Å². The van der Waals surface area contributed by atoms with Crippen LogP contribution in [0.5, 0.6) is 0 Å². The van der Waals surface area contributed by atoms with E-state index < -0.39 is 0 Å². The van der Waals surface area contributed by atoms with Crippen LogP contribution in [0.2, 0.25) is 5.02 Å². The maximum atomic E-state index is 6.66. The molecule has 0 saturated carbocycles. The molecule has 2 aliphatic heterocycles. The minimum absolute atomic E-state index is 0.0944. The summed E-state index contributed by atoms with van der Waals surface area (Å²) in [6.45, 7) is 5.18. The van der Waals surface area contributed by atoms with Crippen molar-refractivity contribution in [1.82, 2.24) is 25.1 Å². The van der Waals surface area contributed by atoms with Crippen molar-refractivity contribution < 1.29 is 4.74 Å². The zero-order valence-electron chi connectivity index (χ0n) is 17.5. The number of aromatic nitrogens is 4. The van der Waals surface area contributed by atoms with Crippen LogP contribution in [0.4, 0.5) is 5.69 Å². The second-order valence-electron chi connectivity index (χ2n) is 8.14. The number of hydrogen-bond acceptors (Lipinski definition) is 6. The average molecular weight is 439 g/mol. The molecule has 7 nitrogen and oxygen atoms in total. The first-order valence-electron chi connectivity index (χ1n) is 11.0. The summed E-state index contributed by atoms with van der Waals surface area (Å²) in [5, 5.41) is 13.5. The minimum atomic E-state index is -0.0944. The Balaban J connectivity index is 1.42. The van der Waals surface area contributed by atoms with Gasteiger partial charge in [-0.2, -0.15) is 0 Å². The lowest BCUT2D eigenvalue weighted by molar-refractivity contribution is 0.0907. The molecule has 5 rings (SSSR count). The van der Waals surface area contributed by atoms with Crippen LogP contribution in [0.3, 0.4) is 0 Å². The molecule has 162 valence electrons. The summed E-state index contributed by atoms with van der Waals surface area (Å²) in [6.07, 6.45) is 2.31. The molecule has 1 aromatic heterocycles. The number of rotatable bonds is 6. The highest BCUT2D eigenvalue weighted by atomic mass is 35.5. The lowest BCUT2D eigenvalue weighted by Crippen LogP contribution is -2.48. The Morgan fingerprint density at radius 2 is 1.77 bits per heavy atom. The van der Waals surface area contributed by atoms with Crippen molar-refractivity contribution in [2.24, 2.45) is 0 Å². The summed E-state index contributed by atoms with van der Waals surface area (Å²) in [6, 6.07) is 18.5. The number of piperazine rings is 1. The molecule has 0 unspecified atom stereocenters. The standard InChI is InChI=1S/C23H27ClN6O/c24-21-11-5-4-10-20(21)22(23-25-26-27-30(23)17-19-9-6-16-31-19)29-14-12-28(13-15-29)18-7-2-1-3-8-18/h1-5,7-8,10-11,19,22H,6,9,12-17H2/t19-,22-/m1/s1. The molecule has 0 bridgehead atoms. The normalized spacial score (nSPS) is 20.8. The van der Waals surface area contributed by atoms with Crippen molar-refractivity contribution in [1.29, 1.82) is 0 Å². The maximum absolute atomic E-state index is 6.66. The van der Waals surface area contributed by atoms with Crippen molar-refractivity contribution in [2.45, 2.75) is 31.5 Å². The van der Waals surface area contributed by atoms with Crippen molar-refractivity contribution in [3.05, 3.63) is 71.0 Å². The Kier molecular flexibility index (Phi) is 6.15. The Labute approximate surface area is 187 Å². The number of anilines is 1. The van der Waals surface area contributed by atoms with E-state index in [1.165, 1.54) is 5.69 Å². The van der Waals surface area contributed by atoms with E-state index >= 15 is 0 Å². The molecule has 3 heterocycles. The smallest absolute Gasteiger partial charge is 0.173 e. The van der Waals surface area contributed by atoms with Crippen LogP contribution in [0.1, 0.15) is 30.3 Å². The highest BCUT2D eigenvalue weighted by molar-refractivity contribution is 6.31. The van der Waals surface area contributed by atoms with Gasteiger partial charge in [-0.1, -0.05) is 48.0 Å². The summed E-state index contributed by atoms with van der Waals surface area (Å²) in [7, 11) is 0. The Morgan fingerprint density at radius 1 is 1.00 bits per heavy atom. The Hall–Kier alpha value is -2.48. The second-order valence-corrected chi connectivity index (χ2v) is 8.54. The van der Waals surface area contributed by atoms with Crippen molar-refractivity contribution in [3.8, 4) is 0 Å². The molecule has 2 aromatic carbocycles. The van der Waals surface area contributed by atoms with Gasteiger partial charge in [0, 0.05) is 43.5 Å². The van der Waals surface area contributed by atoms with E-state index in [1.807, 2.05) is 22.9 Å². The van der Waals surface area contributed by atoms with Gasteiger partial charge in [0.05, 0.1) is 18.7 Å². The first kappa shape index (κ1) is 20.4. The average Bonchev–Trinajstić information content (AvgIpc) is 3.49. The second kappa shape index (κ2) is 9.34. The van der Waals surface area contributed by atoms with Crippen LogP contribution in [-0.4, -0.2) is 64.0 Å². The first-order chi connectivity index (χ1) is 15.3. The molecule has 2 aliphatic rings. The minimum Gasteiger partial charge on any atom is -0.376 e. The summed E-state index contributed by atoms with van der Waals surface area (Å²) in [5.41, 5.74) is 2.31. The summed E-state index contributed by atoms with van der Waals surface area (Å²) < 4.78 is 7.75. The SMILES string of the molecule is Clc1ccccc1[C@H](c1nnnn1C[C@H]1CCCO1)N1CCN(c2ccccc2)CC1. The molecule has 0 radical (unpaired) electrons. The fourth-order valence-corrected chi connectivity index (χ4v) is 4.83. The number of tetrazole rings is 1. The monoisotopic (exact) mass is 438 g/mol. The molecule has 2 atom stereocenters. The molecule has 0 spiro atoms. The zero-order valence-corrected chi connectivity index (χ0v) is 18.2. The van der Waals surface area contributed by atoms with Gasteiger partial charge in [0.1, 0.15) is 0 Å². The Bertz CT molecular complexity index is 982. The topological polar surface area (TPSA) is 59.3 Å². The van der Waals surface area contributed by atoms with E-state index in [0.717, 1.165) is 62.0 Å². The number of halogens is 1. The fraction of sp³-hybridized carbons (Fsp3) is 0.435. The van der Waals surface area contributed by atoms with Crippen LogP contribution in [0.15, 0.2) is 54.6 Å². The van der Waals surface area contributed by atoms with Gasteiger partial charge >= 0.3 is 0 Å². The molecule has 31 heavy (non-hydrogen) atoms. The van der Waals surface area contributed by atoms with Crippen molar-refractivity contribution in [3.63, 3.8) is 0 Å². The lowest BCUT2D eigenvalue weighted by Gasteiger charge is -2.40. The summed E-state index contributed by atoms with van der Waals surface area (Å²) in [5.74, 6) is 0.830. The van der Waals surface area contributed by atoms with Gasteiger partial charge in [-0.05, 0) is 47.0 Å². The largest absolute Gasteiger partial charge is 0.376 e. The van der Waals surface area contributed by atoms with Gasteiger partial charge in [-0.3, -0.25) is 4.90 Å². The van der Waals surface area contributed by atoms with Crippen LogP contribution in [0.25, 0.3) is 0 Å². The van der Waals surface area contributed by atoms with E-state index in [-0.39, 0.29) is 12.1 Å². The quantitative estimate of drug-likeness (QED) is 0.587. The number of nitrogens with zero attached hydrogens (tertiary/aromatic N) is 6. The first-order valence-corrected chi connectivity index (χ1v) is 11.3. The number of benzene rings is 2. The molecule has 0 N–H and O–H groups in total. The van der Waals surface area contributed by atoms with Crippen LogP contribution >= 0.6 is 11.6 Å². The van der Waals surface area contributed by atoms with E-state index in [0.29, 0.717) is 6.54 Å². The molecular weight excluding hydrogens is 412 g/mol. The third kappa shape index (κ3) is 4.44. The van der Waals surface area contributed by atoms with Crippen LogP contribution in [-0.2, 0) is 11.3 Å². The number of ether oxygens (including phenoxy) is 1. The van der Waals surface area contributed by atoms with Crippen LogP contribution in [0, 0.1) is 0 Å². The predicted octanol–water partition coefficient (Wildman–Crippen LogP) is 3.42. The molecular formula is C23H27ClN6O.